The van der Waals surface area contributed by atoms with Gasteiger partial charge in [0.1, 0.15) is 16.8 Å². The fourth-order valence-corrected chi connectivity index (χ4v) is 2.69. The first kappa shape index (κ1) is 13.8. The summed E-state index contributed by atoms with van der Waals surface area (Å²) in [7, 11) is 0. The van der Waals surface area contributed by atoms with Gasteiger partial charge in [-0.05, 0) is 23.8 Å². The molecule has 106 valence electrons. The Bertz CT molecular complexity index is 824. The highest BCUT2D eigenvalue weighted by molar-refractivity contribution is 6.34. The molecule has 0 fully saturated rings. The number of benzene rings is 2. The van der Waals surface area contributed by atoms with Crippen molar-refractivity contribution < 1.29 is 13.6 Å². The minimum absolute atomic E-state index is 0.175. The lowest BCUT2D eigenvalue weighted by Gasteiger charge is -2.08. The number of fused-ring (bicyclic) bond motifs is 1. The second-order valence-corrected chi connectivity index (χ2v) is 5.03. The van der Waals surface area contributed by atoms with Crippen LogP contribution in [0.4, 0.5) is 8.78 Å². The molecule has 0 radical (unpaired) electrons. The van der Waals surface area contributed by atoms with Gasteiger partial charge in [-0.1, -0.05) is 35.9 Å². The number of hydrogen-bond acceptors (Lipinski definition) is 1. The molecule has 3 aromatic rings. The molecular formula is C16H10ClF2NO. The van der Waals surface area contributed by atoms with Crippen LogP contribution in [0, 0.1) is 11.6 Å². The molecule has 0 bridgehead atoms. The molecule has 5 heteroatoms. The van der Waals surface area contributed by atoms with Crippen molar-refractivity contribution in [1.82, 2.24) is 4.57 Å². The third-order valence-electron chi connectivity index (χ3n) is 3.38. The second-order valence-electron chi connectivity index (χ2n) is 4.67. The summed E-state index contributed by atoms with van der Waals surface area (Å²) in [5.74, 6) is -0.799. The fraction of sp³-hybridized carbons (Fsp3) is 0.0625. The average Bonchev–Trinajstić information content (AvgIpc) is 2.75. The molecule has 0 saturated heterocycles. The van der Waals surface area contributed by atoms with Crippen molar-refractivity contribution in [3.63, 3.8) is 0 Å². The zero-order valence-electron chi connectivity index (χ0n) is 10.8. The number of rotatable bonds is 3. The molecule has 0 N–H and O–H groups in total. The van der Waals surface area contributed by atoms with E-state index in [-0.39, 0.29) is 28.6 Å². The van der Waals surface area contributed by atoms with E-state index in [0.717, 1.165) is 5.56 Å². The number of carbonyl (C=O) groups excluding carboxylic acids is 1. The lowest BCUT2D eigenvalue weighted by atomic mass is 10.2. The molecule has 0 spiro atoms. The van der Waals surface area contributed by atoms with Gasteiger partial charge in [-0.25, -0.2) is 8.78 Å². The number of para-hydroxylation sites is 1. The van der Waals surface area contributed by atoms with Gasteiger partial charge < -0.3 is 4.57 Å². The maximum atomic E-state index is 14.1. The molecule has 21 heavy (non-hydrogen) atoms. The summed E-state index contributed by atoms with van der Waals surface area (Å²) >= 11 is 6.20. The molecule has 3 rings (SSSR count). The number of nitrogens with zero attached hydrogens (tertiary/aromatic N) is 1. The summed E-state index contributed by atoms with van der Waals surface area (Å²) in [5, 5.41) is 0.645. The molecule has 1 heterocycles. The van der Waals surface area contributed by atoms with Gasteiger partial charge in [0, 0.05) is 11.9 Å². The third kappa shape index (κ3) is 2.32. The molecule has 0 aliphatic rings. The van der Waals surface area contributed by atoms with Crippen molar-refractivity contribution in [2.75, 3.05) is 0 Å². The number of hydrogen-bond donors (Lipinski definition) is 0. The molecule has 2 nitrogen and oxygen atoms in total. The monoisotopic (exact) mass is 305 g/mol. The Hall–Kier alpha value is -2.20. The van der Waals surface area contributed by atoms with Crippen molar-refractivity contribution in [3.8, 4) is 0 Å². The van der Waals surface area contributed by atoms with E-state index in [1.165, 1.54) is 28.8 Å². The largest absolute Gasteiger partial charge is 0.324 e. The molecule has 0 aliphatic carbocycles. The third-order valence-corrected chi connectivity index (χ3v) is 3.79. The summed E-state index contributed by atoms with van der Waals surface area (Å²) in [4.78, 5) is 11.2. The van der Waals surface area contributed by atoms with Gasteiger partial charge in [0.05, 0.1) is 11.1 Å². The van der Waals surface area contributed by atoms with E-state index in [4.69, 9.17) is 11.6 Å². The zero-order valence-corrected chi connectivity index (χ0v) is 11.6. The smallest absolute Gasteiger partial charge is 0.153 e. The van der Waals surface area contributed by atoms with Gasteiger partial charge in [-0.3, -0.25) is 4.79 Å². The number of aromatic nitrogens is 1. The zero-order chi connectivity index (χ0) is 15.0. The average molecular weight is 306 g/mol. The summed E-state index contributed by atoms with van der Waals surface area (Å²) in [6.45, 7) is 0.254. The first-order valence-electron chi connectivity index (χ1n) is 6.27. The highest BCUT2D eigenvalue weighted by Gasteiger charge is 2.18. The molecule has 0 saturated carbocycles. The Morgan fingerprint density at radius 2 is 1.81 bits per heavy atom. The van der Waals surface area contributed by atoms with Gasteiger partial charge in [-0.2, -0.15) is 0 Å². The lowest BCUT2D eigenvalue weighted by molar-refractivity contribution is 0.112. The van der Waals surface area contributed by atoms with Crippen molar-refractivity contribution in [3.05, 3.63) is 70.4 Å². The highest BCUT2D eigenvalue weighted by atomic mass is 35.5. The van der Waals surface area contributed by atoms with Gasteiger partial charge in [0.15, 0.2) is 6.29 Å². The Morgan fingerprint density at radius 3 is 2.48 bits per heavy atom. The van der Waals surface area contributed by atoms with E-state index in [2.05, 4.69) is 0 Å². The van der Waals surface area contributed by atoms with Crippen LogP contribution in [0.2, 0.25) is 5.15 Å². The van der Waals surface area contributed by atoms with Crippen LogP contribution in [0.15, 0.2) is 42.5 Å². The minimum atomic E-state index is -0.454. The predicted octanol–water partition coefficient (Wildman–Crippen LogP) is 4.43. The molecular weight excluding hydrogens is 296 g/mol. The van der Waals surface area contributed by atoms with Crippen LogP contribution < -0.4 is 0 Å². The van der Waals surface area contributed by atoms with E-state index >= 15 is 0 Å². The van der Waals surface area contributed by atoms with Crippen LogP contribution in [0.25, 0.3) is 10.9 Å². The SMILES string of the molecule is O=Cc1c(Cl)n(Cc2ccc(F)cc2)c2c(F)cccc12. The fourth-order valence-electron chi connectivity index (χ4n) is 2.39. The summed E-state index contributed by atoms with van der Waals surface area (Å²) in [6.07, 6.45) is 0.616. The molecule has 0 amide bonds. The van der Waals surface area contributed by atoms with Gasteiger partial charge >= 0.3 is 0 Å². The lowest BCUT2D eigenvalue weighted by Crippen LogP contribution is -2.01. The molecule has 2 aromatic carbocycles. The number of carbonyl (C=O) groups is 1. The van der Waals surface area contributed by atoms with Crippen LogP contribution in [0.3, 0.4) is 0 Å². The maximum Gasteiger partial charge on any atom is 0.153 e. The summed E-state index contributed by atoms with van der Waals surface area (Å²) < 4.78 is 28.5. The van der Waals surface area contributed by atoms with Crippen molar-refractivity contribution in [2.45, 2.75) is 6.54 Å². The molecule has 0 atom stereocenters. The van der Waals surface area contributed by atoms with Crippen LogP contribution in [-0.4, -0.2) is 10.9 Å². The van der Waals surface area contributed by atoms with E-state index in [0.29, 0.717) is 11.7 Å². The van der Waals surface area contributed by atoms with Crippen LogP contribution >= 0.6 is 11.6 Å². The Kier molecular flexibility index (Phi) is 3.47. The summed E-state index contributed by atoms with van der Waals surface area (Å²) in [5.41, 5.74) is 1.29. The van der Waals surface area contributed by atoms with Crippen LogP contribution in [0.1, 0.15) is 15.9 Å². The quantitative estimate of drug-likeness (QED) is 0.656. The number of halogens is 3. The van der Waals surface area contributed by atoms with Gasteiger partial charge in [0.25, 0.3) is 0 Å². The van der Waals surface area contributed by atoms with Gasteiger partial charge in [0.2, 0.25) is 0 Å². The Morgan fingerprint density at radius 1 is 1.10 bits per heavy atom. The van der Waals surface area contributed by atoms with Gasteiger partial charge in [-0.15, -0.1) is 0 Å². The van der Waals surface area contributed by atoms with E-state index in [9.17, 15) is 13.6 Å². The van der Waals surface area contributed by atoms with E-state index < -0.39 is 5.82 Å². The molecule has 0 aliphatic heterocycles. The van der Waals surface area contributed by atoms with Crippen molar-refractivity contribution >= 4 is 28.8 Å². The van der Waals surface area contributed by atoms with Crippen molar-refractivity contribution in [2.24, 2.45) is 0 Å². The van der Waals surface area contributed by atoms with E-state index in [1.807, 2.05) is 0 Å². The first-order valence-corrected chi connectivity index (χ1v) is 6.65. The molecule has 1 aromatic heterocycles. The molecule has 0 unspecified atom stereocenters. The van der Waals surface area contributed by atoms with Crippen LogP contribution in [0.5, 0.6) is 0 Å². The minimum Gasteiger partial charge on any atom is -0.324 e. The topological polar surface area (TPSA) is 22.0 Å². The Balaban J connectivity index is 2.19. The standard InChI is InChI=1S/C16H10ClF2NO/c17-16-13(9-21)12-2-1-3-14(19)15(12)20(16)8-10-4-6-11(18)7-5-10/h1-7,9H,8H2. The number of aldehydes is 1. The van der Waals surface area contributed by atoms with Crippen LogP contribution in [-0.2, 0) is 6.54 Å². The summed E-state index contributed by atoms with van der Waals surface area (Å²) in [6, 6.07) is 10.3. The van der Waals surface area contributed by atoms with E-state index in [1.54, 1.807) is 18.2 Å². The maximum absolute atomic E-state index is 14.1. The van der Waals surface area contributed by atoms with Crippen molar-refractivity contribution in [1.29, 1.82) is 0 Å². The Labute approximate surface area is 124 Å². The predicted molar refractivity (Wildman–Crippen MR) is 77.8 cm³/mol. The normalized spacial score (nSPS) is 11.0. The second kappa shape index (κ2) is 5.30. The highest BCUT2D eigenvalue weighted by Crippen LogP contribution is 2.31. The first-order chi connectivity index (χ1) is 10.1.